The summed E-state index contributed by atoms with van der Waals surface area (Å²) in [7, 11) is 0. The number of rotatable bonds is 4. The first-order chi connectivity index (χ1) is 11.0. The Hall–Kier alpha value is -1.73. The Morgan fingerprint density at radius 3 is 2.61 bits per heavy atom. The Morgan fingerprint density at radius 2 is 2.00 bits per heavy atom. The molecule has 1 fully saturated rings. The molecule has 1 saturated heterocycles. The summed E-state index contributed by atoms with van der Waals surface area (Å²) >= 11 is 1.76. The molecule has 2 aliphatic heterocycles. The molecule has 1 aromatic rings. The van der Waals surface area contributed by atoms with Crippen molar-refractivity contribution in [2.24, 2.45) is 0 Å². The number of urea groups is 1. The quantitative estimate of drug-likeness (QED) is 0.625. The van der Waals surface area contributed by atoms with Crippen LogP contribution in [0.15, 0.2) is 11.4 Å². The van der Waals surface area contributed by atoms with Crippen LogP contribution in [0, 0.1) is 0 Å². The van der Waals surface area contributed by atoms with Gasteiger partial charge in [0.1, 0.15) is 0 Å². The third-order valence-electron chi connectivity index (χ3n) is 4.52. The first kappa shape index (κ1) is 16.1. The van der Waals surface area contributed by atoms with Crippen LogP contribution in [0.1, 0.15) is 43.7 Å². The topological polar surface area (TPSA) is 60.9 Å². The van der Waals surface area contributed by atoms with E-state index < -0.39 is 17.8 Å². The number of imide groups is 2. The number of hydrogen-bond acceptors (Lipinski definition) is 5. The fourth-order valence-electron chi connectivity index (χ4n) is 3.38. The Bertz CT molecular complexity index is 655. The summed E-state index contributed by atoms with van der Waals surface area (Å²) in [6.07, 6.45) is 1.82. The van der Waals surface area contributed by atoms with Crippen LogP contribution in [0.4, 0.5) is 4.79 Å². The summed E-state index contributed by atoms with van der Waals surface area (Å²) in [5, 5.41) is 2.09. The lowest BCUT2D eigenvalue weighted by Gasteiger charge is -2.36. The molecule has 0 bridgehead atoms. The van der Waals surface area contributed by atoms with Gasteiger partial charge >= 0.3 is 17.8 Å². The summed E-state index contributed by atoms with van der Waals surface area (Å²) in [5.74, 6) is -1.43. The summed E-state index contributed by atoms with van der Waals surface area (Å²) in [5.41, 5.74) is 1.29. The molecule has 7 heteroatoms. The highest BCUT2D eigenvalue weighted by Gasteiger charge is 2.46. The van der Waals surface area contributed by atoms with Gasteiger partial charge in [0.15, 0.2) is 0 Å². The Labute approximate surface area is 139 Å². The van der Waals surface area contributed by atoms with Crippen LogP contribution in [0.2, 0.25) is 0 Å². The van der Waals surface area contributed by atoms with Crippen LogP contribution >= 0.6 is 11.3 Å². The second-order valence-electron chi connectivity index (χ2n) is 6.21. The second kappa shape index (κ2) is 6.05. The highest BCUT2D eigenvalue weighted by molar-refractivity contribution is 7.10. The summed E-state index contributed by atoms with van der Waals surface area (Å²) in [6, 6.07) is 1.50. The average Bonchev–Trinajstić information content (AvgIpc) is 3.06. The van der Waals surface area contributed by atoms with Crippen molar-refractivity contribution in [3.05, 3.63) is 21.9 Å². The molecule has 2 aliphatic rings. The van der Waals surface area contributed by atoms with E-state index in [0.717, 1.165) is 29.2 Å². The third-order valence-corrected chi connectivity index (χ3v) is 5.51. The zero-order chi connectivity index (χ0) is 16.7. The number of thiophene rings is 1. The standard InChI is InChI=1S/C16H21N3O3S/c1-4-12-11-6-8-23-13(11)5-7-17(12)9-18-14(20)15(21)19(10(2)3)16(18)22/h6,8,10,12H,4-5,7,9H2,1-3H3/t12-/m0/s1. The number of fused-ring (bicyclic) bond motifs is 1. The molecule has 0 aromatic carbocycles. The molecule has 6 nitrogen and oxygen atoms in total. The zero-order valence-corrected chi connectivity index (χ0v) is 14.4. The third kappa shape index (κ3) is 2.57. The van der Waals surface area contributed by atoms with Crippen molar-refractivity contribution in [1.29, 1.82) is 0 Å². The van der Waals surface area contributed by atoms with Gasteiger partial charge in [-0.25, -0.2) is 9.69 Å². The number of nitrogens with zero attached hydrogens (tertiary/aromatic N) is 3. The molecule has 0 saturated carbocycles. The van der Waals surface area contributed by atoms with E-state index in [1.165, 1.54) is 10.4 Å². The van der Waals surface area contributed by atoms with Gasteiger partial charge in [-0.2, -0.15) is 0 Å². The number of carbonyl (C=O) groups is 3. The van der Waals surface area contributed by atoms with Crippen LogP contribution in [0.25, 0.3) is 0 Å². The van der Waals surface area contributed by atoms with Crippen molar-refractivity contribution in [2.75, 3.05) is 13.2 Å². The maximum absolute atomic E-state index is 12.4. The van der Waals surface area contributed by atoms with Gasteiger partial charge in [-0.1, -0.05) is 6.92 Å². The molecule has 124 valence electrons. The van der Waals surface area contributed by atoms with E-state index in [0.29, 0.717) is 0 Å². The molecule has 3 heterocycles. The molecular formula is C16H21N3O3S. The van der Waals surface area contributed by atoms with Crippen LogP contribution in [0.5, 0.6) is 0 Å². The fraction of sp³-hybridized carbons (Fsp3) is 0.562. The van der Waals surface area contributed by atoms with E-state index >= 15 is 0 Å². The van der Waals surface area contributed by atoms with Crippen LogP contribution in [-0.4, -0.2) is 51.8 Å². The summed E-state index contributed by atoms with van der Waals surface area (Å²) in [4.78, 5) is 42.3. The smallest absolute Gasteiger partial charge is 0.278 e. The SMILES string of the molecule is CC[C@H]1c2ccsc2CCN1CN1C(=O)C(=O)N(C(C)C)C1=O. The molecule has 1 aromatic heterocycles. The Morgan fingerprint density at radius 1 is 1.26 bits per heavy atom. The molecule has 0 aliphatic carbocycles. The molecule has 0 spiro atoms. The molecule has 3 rings (SSSR count). The molecule has 1 atom stereocenters. The normalized spacial score (nSPS) is 22.4. The summed E-state index contributed by atoms with van der Waals surface area (Å²) in [6.45, 7) is 6.54. The van der Waals surface area contributed by atoms with Gasteiger partial charge in [-0.3, -0.25) is 19.4 Å². The molecule has 23 heavy (non-hydrogen) atoms. The largest absolute Gasteiger partial charge is 0.335 e. The second-order valence-corrected chi connectivity index (χ2v) is 7.21. The summed E-state index contributed by atoms with van der Waals surface area (Å²) < 4.78 is 0. The van der Waals surface area contributed by atoms with Gasteiger partial charge in [-0.15, -0.1) is 11.3 Å². The van der Waals surface area contributed by atoms with E-state index in [1.54, 1.807) is 25.2 Å². The fourth-order valence-corrected chi connectivity index (χ4v) is 4.31. The minimum absolute atomic E-state index is 0.181. The highest BCUT2D eigenvalue weighted by Crippen LogP contribution is 2.35. The van der Waals surface area contributed by atoms with Gasteiger partial charge in [0.05, 0.1) is 6.67 Å². The predicted molar refractivity (Wildman–Crippen MR) is 86.9 cm³/mol. The minimum atomic E-state index is -0.716. The van der Waals surface area contributed by atoms with Crippen molar-refractivity contribution in [3.63, 3.8) is 0 Å². The van der Waals surface area contributed by atoms with E-state index in [-0.39, 0.29) is 18.8 Å². The Kier molecular flexibility index (Phi) is 4.25. The number of hydrogen-bond donors (Lipinski definition) is 0. The van der Waals surface area contributed by atoms with Crippen LogP contribution in [0.3, 0.4) is 0 Å². The maximum atomic E-state index is 12.4. The van der Waals surface area contributed by atoms with Gasteiger partial charge in [0, 0.05) is 23.5 Å². The van der Waals surface area contributed by atoms with Gasteiger partial charge < -0.3 is 0 Å². The van der Waals surface area contributed by atoms with Crippen molar-refractivity contribution in [2.45, 2.75) is 45.7 Å². The number of carbonyl (C=O) groups excluding carboxylic acids is 3. The van der Waals surface area contributed by atoms with Crippen molar-refractivity contribution >= 4 is 29.2 Å². The monoisotopic (exact) mass is 335 g/mol. The van der Waals surface area contributed by atoms with Crippen molar-refractivity contribution in [3.8, 4) is 0 Å². The van der Waals surface area contributed by atoms with Crippen molar-refractivity contribution < 1.29 is 14.4 Å². The lowest BCUT2D eigenvalue weighted by Crippen LogP contribution is -2.46. The van der Waals surface area contributed by atoms with Crippen LogP contribution < -0.4 is 0 Å². The van der Waals surface area contributed by atoms with E-state index in [2.05, 4.69) is 23.3 Å². The first-order valence-corrected chi connectivity index (χ1v) is 8.83. The zero-order valence-electron chi connectivity index (χ0n) is 13.6. The molecule has 0 radical (unpaired) electrons. The maximum Gasteiger partial charge on any atom is 0.335 e. The molecule has 0 N–H and O–H groups in total. The van der Waals surface area contributed by atoms with E-state index in [9.17, 15) is 14.4 Å². The Balaban J connectivity index is 1.81. The predicted octanol–water partition coefficient (Wildman–Crippen LogP) is 2.21. The lowest BCUT2D eigenvalue weighted by atomic mass is 9.98. The molecular weight excluding hydrogens is 314 g/mol. The minimum Gasteiger partial charge on any atom is -0.278 e. The van der Waals surface area contributed by atoms with Gasteiger partial charge in [-0.05, 0) is 43.7 Å². The number of amides is 4. The van der Waals surface area contributed by atoms with Gasteiger partial charge in [0.25, 0.3) is 0 Å². The first-order valence-electron chi connectivity index (χ1n) is 7.95. The van der Waals surface area contributed by atoms with E-state index in [4.69, 9.17) is 0 Å². The van der Waals surface area contributed by atoms with Crippen LogP contribution in [-0.2, 0) is 16.0 Å². The van der Waals surface area contributed by atoms with Crippen molar-refractivity contribution in [1.82, 2.24) is 14.7 Å². The lowest BCUT2D eigenvalue weighted by molar-refractivity contribution is -0.144. The highest BCUT2D eigenvalue weighted by atomic mass is 32.1. The average molecular weight is 335 g/mol. The van der Waals surface area contributed by atoms with Gasteiger partial charge in [0.2, 0.25) is 0 Å². The molecule has 0 unspecified atom stereocenters. The van der Waals surface area contributed by atoms with E-state index in [1.807, 2.05) is 0 Å². The molecule has 4 amide bonds.